The van der Waals surface area contributed by atoms with Crippen molar-refractivity contribution in [3.8, 4) is 0 Å². The first kappa shape index (κ1) is 15.7. The smallest absolute Gasteiger partial charge is 0.124 e. The van der Waals surface area contributed by atoms with Gasteiger partial charge in [0.05, 0.1) is 11.2 Å². The summed E-state index contributed by atoms with van der Waals surface area (Å²) in [6, 6.07) is 4.56. The van der Waals surface area contributed by atoms with E-state index in [4.69, 9.17) is 18.1 Å². The maximum atomic E-state index is 12.7. The summed E-state index contributed by atoms with van der Waals surface area (Å²) < 4.78 is 12.7. The van der Waals surface area contributed by atoms with Crippen LogP contribution < -0.4 is 5.46 Å². The quantitative estimate of drug-likeness (QED) is 0.685. The monoisotopic (exact) mass is 263 g/mol. The van der Waals surface area contributed by atoms with Crippen LogP contribution in [0.4, 0.5) is 4.39 Å². The Balaban J connectivity index is 0.000000203. The summed E-state index contributed by atoms with van der Waals surface area (Å²) in [4.78, 5) is 2.88. The van der Waals surface area contributed by atoms with Crippen LogP contribution in [-0.4, -0.2) is 34.2 Å². The van der Waals surface area contributed by atoms with Crippen molar-refractivity contribution in [2.75, 3.05) is 0 Å². The van der Waals surface area contributed by atoms with E-state index in [0.29, 0.717) is 5.46 Å². The molecule has 0 atom stereocenters. The van der Waals surface area contributed by atoms with Gasteiger partial charge in [0.25, 0.3) is 0 Å². The zero-order valence-corrected chi connectivity index (χ0v) is 11.7. The molecule has 102 valence electrons. The minimum absolute atomic E-state index is 0.308. The number of nitrogens with one attached hydrogen (secondary N) is 1. The number of benzene rings is 1. The molecule has 0 fully saturated rings. The third-order valence-electron chi connectivity index (χ3n) is 3.16. The molecule has 3 nitrogen and oxygen atoms in total. The molecule has 2 radical (unpaired) electrons. The molecule has 1 aromatic carbocycles. The molecule has 0 saturated carbocycles. The van der Waals surface area contributed by atoms with E-state index in [1.54, 1.807) is 33.9 Å². The average Bonchev–Trinajstić information content (AvgIpc) is 2.63. The van der Waals surface area contributed by atoms with Crippen LogP contribution in [0.15, 0.2) is 24.4 Å². The van der Waals surface area contributed by atoms with E-state index >= 15 is 0 Å². The van der Waals surface area contributed by atoms with E-state index in [0.717, 1.165) is 10.9 Å². The van der Waals surface area contributed by atoms with Crippen molar-refractivity contribution in [3.05, 3.63) is 30.2 Å². The number of hydrogen-bond donors (Lipinski definition) is 3. The molecule has 0 unspecified atom stereocenters. The van der Waals surface area contributed by atoms with Crippen molar-refractivity contribution >= 4 is 24.2 Å². The highest BCUT2D eigenvalue weighted by Crippen LogP contribution is 2.19. The number of aromatic amines is 1. The minimum atomic E-state index is -1.01. The van der Waals surface area contributed by atoms with E-state index in [-0.39, 0.29) is 5.82 Å². The number of halogens is 1. The fourth-order valence-corrected chi connectivity index (χ4v) is 1.16. The molecule has 0 aliphatic rings. The maximum absolute atomic E-state index is 12.7. The number of aliphatic hydroxyl groups is 2. The summed E-state index contributed by atoms with van der Waals surface area (Å²) in [5.74, 6) is -0.308. The van der Waals surface area contributed by atoms with Gasteiger partial charge in [0.2, 0.25) is 0 Å². The Morgan fingerprint density at radius 3 is 2.11 bits per heavy atom. The van der Waals surface area contributed by atoms with Crippen molar-refractivity contribution in [1.29, 1.82) is 0 Å². The highest BCUT2D eigenvalue weighted by Gasteiger charge is 2.31. The lowest BCUT2D eigenvalue weighted by atomic mass is 9.90. The Morgan fingerprint density at radius 1 is 1.11 bits per heavy atom. The molecule has 19 heavy (non-hydrogen) atoms. The van der Waals surface area contributed by atoms with Gasteiger partial charge in [-0.2, -0.15) is 0 Å². The molecule has 0 spiro atoms. The normalized spacial score (nSPS) is 12.2. The Hall–Kier alpha value is -1.33. The Morgan fingerprint density at radius 2 is 1.63 bits per heavy atom. The molecule has 0 aliphatic carbocycles. The fraction of sp³-hybridized carbons (Fsp3) is 0.429. The van der Waals surface area contributed by atoms with Crippen LogP contribution in [0.5, 0.6) is 0 Å². The van der Waals surface area contributed by atoms with Gasteiger partial charge in [-0.1, -0.05) is 5.46 Å². The number of H-pyrrole nitrogens is 1. The summed E-state index contributed by atoms with van der Waals surface area (Å²) in [7, 11) is 5.54. The molecule has 0 amide bonds. The molecule has 3 N–H and O–H groups in total. The van der Waals surface area contributed by atoms with Gasteiger partial charge in [-0.15, -0.1) is 0 Å². The molecule has 1 aromatic heterocycles. The molecule has 2 rings (SSSR count). The van der Waals surface area contributed by atoms with E-state index in [2.05, 4.69) is 4.98 Å². The first-order chi connectivity index (χ1) is 8.52. The van der Waals surface area contributed by atoms with Gasteiger partial charge in [0.1, 0.15) is 13.7 Å². The fourth-order valence-electron chi connectivity index (χ4n) is 1.16. The summed E-state index contributed by atoms with van der Waals surface area (Å²) >= 11 is 0. The van der Waals surface area contributed by atoms with Crippen molar-refractivity contribution in [2.24, 2.45) is 0 Å². The van der Waals surface area contributed by atoms with Gasteiger partial charge < -0.3 is 15.2 Å². The third kappa shape index (κ3) is 4.08. The Kier molecular flexibility index (Phi) is 4.43. The number of fused-ring (bicyclic) bond motifs is 1. The van der Waals surface area contributed by atoms with Crippen molar-refractivity contribution in [1.82, 2.24) is 4.98 Å². The Bertz CT molecular complexity index is 541. The van der Waals surface area contributed by atoms with Crippen LogP contribution in [0.2, 0.25) is 0 Å². The lowest BCUT2D eigenvalue weighted by molar-refractivity contribution is -0.107. The number of aromatic nitrogens is 1. The maximum Gasteiger partial charge on any atom is 0.124 e. The van der Waals surface area contributed by atoms with Gasteiger partial charge in [0.15, 0.2) is 0 Å². The van der Waals surface area contributed by atoms with Crippen molar-refractivity contribution in [2.45, 2.75) is 38.9 Å². The van der Waals surface area contributed by atoms with Crippen molar-refractivity contribution in [3.63, 3.8) is 0 Å². The van der Waals surface area contributed by atoms with Gasteiger partial charge in [-0.25, -0.2) is 4.39 Å². The number of rotatable bonds is 1. The standard InChI is InChI=1S/C8H5BFN.C6H14O2/c9-7-3-5(10)4-8-6(7)1-2-11-8;1-5(2,7)6(3,4)8/h1-4,11H;7-8H,1-4H3. The van der Waals surface area contributed by atoms with E-state index in [9.17, 15) is 4.39 Å². The topological polar surface area (TPSA) is 56.2 Å². The summed E-state index contributed by atoms with van der Waals surface area (Å²) in [6.45, 7) is 6.31. The summed E-state index contributed by atoms with van der Waals surface area (Å²) in [5.41, 5.74) is -0.802. The zero-order chi connectivity index (χ0) is 14.8. The molecule has 1 heterocycles. The molecule has 2 aromatic rings. The molecular formula is C14H19BFNO2. The summed E-state index contributed by atoms with van der Waals surface area (Å²) in [6.07, 6.45) is 1.74. The third-order valence-corrected chi connectivity index (χ3v) is 3.16. The van der Waals surface area contributed by atoms with Gasteiger partial charge in [-0.05, 0) is 51.3 Å². The second-order valence-corrected chi connectivity index (χ2v) is 5.55. The van der Waals surface area contributed by atoms with E-state index in [1.165, 1.54) is 12.1 Å². The predicted octanol–water partition coefficient (Wildman–Crippen LogP) is 1.63. The number of hydrogen-bond acceptors (Lipinski definition) is 2. The van der Waals surface area contributed by atoms with Crippen LogP contribution in [0, 0.1) is 5.82 Å². The van der Waals surface area contributed by atoms with Crippen LogP contribution in [-0.2, 0) is 0 Å². The molecule has 5 heteroatoms. The first-order valence-corrected chi connectivity index (χ1v) is 5.99. The zero-order valence-electron chi connectivity index (χ0n) is 11.7. The van der Waals surface area contributed by atoms with Gasteiger partial charge in [-0.3, -0.25) is 0 Å². The molecule has 0 saturated heterocycles. The lowest BCUT2D eigenvalue weighted by Gasteiger charge is -2.31. The van der Waals surface area contributed by atoms with Gasteiger partial charge >= 0.3 is 0 Å². The van der Waals surface area contributed by atoms with Crippen LogP contribution >= 0.6 is 0 Å². The minimum Gasteiger partial charge on any atom is -0.387 e. The summed E-state index contributed by atoms with van der Waals surface area (Å²) in [5, 5.41) is 19.1. The van der Waals surface area contributed by atoms with Crippen LogP contribution in [0.1, 0.15) is 27.7 Å². The highest BCUT2D eigenvalue weighted by atomic mass is 19.1. The predicted molar refractivity (Wildman–Crippen MR) is 76.2 cm³/mol. The molecular weight excluding hydrogens is 244 g/mol. The first-order valence-electron chi connectivity index (χ1n) is 5.99. The molecule has 0 aliphatic heterocycles. The van der Waals surface area contributed by atoms with Crippen LogP contribution in [0.25, 0.3) is 10.9 Å². The van der Waals surface area contributed by atoms with Crippen LogP contribution in [0.3, 0.4) is 0 Å². The van der Waals surface area contributed by atoms with Crippen molar-refractivity contribution < 1.29 is 14.6 Å². The second-order valence-electron chi connectivity index (χ2n) is 5.55. The molecule has 0 bridgehead atoms. The highest BCUT2D eigenvalue weighted by molar-refractivity contribution is 6.38. The van der Waals surface area contributed by atoms with E-state index < -0.39 is 11.2 Å². The van der Waals surface area contributed by atoms with Gasteiger partial charge in [0, 0.05) is 11.7 Å². The van der Waals surface area contributed by atoms with E-state index in [1.807, 2.05) is 6.07 Å². The SMILES string of the molecule is CC(C)(O)C(C)(C)O.[B]c1cc(F)cc2[nH]ccc12. The Labute approximate surface area is 113 Å². The average molecular weight is 263 g/mol. The largest absolute Gasteiger partial charge is 0.387 e. The lowest BCUT2D eigenvalue weighted by Crippen LogP contribution is -2.44. The second kappa shape index (κ2) is 5.35.